The Morgan fingerprint density at radius 2 is 1.41 bits per heavy atom. The number of carboxylic acids is 1. The van der Waals surface area contributed by atoms with Gasteiger partial charge in [-0.3, -0.25) is 9.59 Å². The van der Waals surface area contributed by atoms with E-state index in [2.05, 4.69) is 16.0 Å². The first-order valence-electron chi connectivity index (χ1n) is 10.4. The van der Waals surface area contributed by atoms with Crippen molar-refractivity contribution < 1.29 is 29.7 Å². The van der Waals surface area contributed by atoms with Gasteiger partial charge in [0.25, 0.3) is 0 Å². The van der Waals surface area contributed by atoms with Crippen LogP contribution in [0.15, 0.2) is 48.5 Å². The molecule has 3 rings (SSSR count). The molecule has 0 radical (unpaired) electrons. The molecule has 9 nitrogen and oxygen atoms in total. The summed E-state index contributed by atoms with van der Waals surface area (Å²) in [6.45, 7) is 0.723. The third kappa shape index (κ3) is 6.45. The molecule has 0 spiro atoms. The third-order valence-electron chi connectivity index (χ3n) is 5.38. The van der Waals surface area contributed by atoms with E-state index in [1.807, 2.05) is 0 Å². The van der Waals surface area contributed by atoms with Crippen LogP contribution in [-0.4, -0.2) is 57.8 Å². The molecule has 3 unspecified atom stereocenters. The van der Waals surface area contributed by atoms with E-state index in [0.717, 1.165) is 13.0 Å². The Morgan fingerprint density at radius 1 is 0.875 bits per heavy atom. The summed E-state index contributed by atoms with van der Waals surface area (Å²) < 4.78 is 0. The smallest absolute Gasteiger partial charge is 0.326 e. The van der Waals surface area contributed by atoms with E-state index in [1.165, 1.54) is 24.3 Å². The predicted octanol–water partition coefficient (Wildman–Crippen LogP) is 0.689. The number of aliphatic carboxylic acids is 1. The van der Waals surface area contributed by atoms with E-state index in [9.17, 15) is 29.7 Å². The van der Waals surface area contributed by atoms with Gasteiger partial charge in [0.05, 0.1) is 6.04 Å². The number of carboxylic acid groups (broad SMARTS) is 1. The Bertz CT molecular complexity index is 939. The van der Waals surface area contributed by atoms with Crippen molar-refractivity contribution in [3.63, 3.8) is 0 Å². The number of aromatic hydroxyl groups is 2. The van der Waals surface area contributed by atoms with Crippen LogP contribution in [0.25, 0.3) is 0 Å². The summed E-state index contributed by atoms with van der Waals surface area (Å²) in [4.78, 5) is 37.4. The van der Waals surface area contributed by atoms with Crippen molar-refractivity contribution in [3.05, 3.63) is 59.7 Å². The average molecular weight is 441 g/mol. The van der Waals surface area contributed by atoms with Crippen molar-refractivity contribution in [2.75, 3.05) is 6.54 Å². The molecule has 1 aliphatic heterocycles. The Labute approximate surface area is 185 Å². The maximum atomic E-state index is 13.0. The highest BCUT2D eigenvalue weighted by Crippen LogP contribution is 2.14. The highest BCUT2D eigenvalue weighted by atomic mass is 16.4. The molecule has 2 aromatic rings. The number of carbonyl (C=O) groups excluding carboxylic acids is 2. The predicted molar refractivity (Wildman–Crippen MR) is 116 cm³/mol. The quantitative estimate of drug-likeness (QED) is 0.335. The number of carbonyl (C=O) groups is 3. The van der Waals surface area contributed by atoms with Crippen LogP contribution < -0.4 is 16.0 Å². The summed E-state index contributed by atoms with van der Waals surface area (Å²) in [6.07, 6.45) is 1.68. The number of phenolic OH excluding ortho intramolecular Hbond substituents is 2. The van der Waals surface area contributed by atoms with Gasteiger partial charge in [0, 0.05) is 12.8 Å². The van der Waals surface area contributed by atoms with E-state index < -0.39 is 30.0 Å². The highest BCUT2D eigenvalue weighted by Gasteiger charge is 2.30. The fourth-order valence-corrected chi connectivity index (χ4v) is 3.60. The highest BCUT2D eigenvalue weighted by molar-refractivity contribution is 5.92. The summed E-state index contributed by atoms with van der Waals surface area (Å²) in [5.41, 5.74) is 1.33. The number of amides is 2. The van der Waals surface area contributed by atoms with Gasteiger partial charge in [0.1, 0.15) is 23.6 Å². The average Bonchev–Trinajstić information content (AvgIpc) is 3.31. The van der Waals surface area contributed by atoms with Gasteiger partial charge in [-0.1, -0.05) is 24.3 Å². The molecule has 1 heterocycles. The Kier molecular flexibility index (Phi) is 7.67. The maximum Gasteiger partial charge on any atom is 0.326 e. The summed E-state index contributed by atoms with van der Waals surface area (Å²) in [6, 6.07) is 9.70. The Balaban J connectivity index is 1.73. The molecule has 0 aliphatic carbocycles. The standard InChI is InChI=1S/C23H27N3O6/c27-16-7-3-14(4-8-16)12-19(25-21(29)18-2-1-11-24-18)22(30)26-20(23(31)32)13-15-5-9-17(28)10-6-15/h3-10,18-20,24,27-28H,1-2,11-13H2,(H,25,29)(H,26,30)(H,31,32). The Morgan fingerprint density at radius 3 is 1.88 bits per heavy atom. The molecule has 0 bridgehead atoms. The van der Waals surface area contributed by atoms with Gasteiger partial charge >= 0.3 is 5.97 Å². The zero-order valence-electron chi connectivity index (χ0n) is 17.5. The molecule has 6 N–H and O–H groups in total. The fraction of sp³-hybridized carbons (Fsp3) is 0.348. The molecule has 1 fully saturated rings. The third-order valence-corrected chi connectivity index (χ3v) is 5.38. The first-order chi connectivity index (χ1) is 15.3. The molecule has 1 saturated heterocycles. The molecule has 170 valence electrons. The molecule has 2 aromatic carbocycles. The van der Waals surface area contributed by atoms with Crippen molar-refractivity contribution in [2.24, 2.45) is 0 Å². The zero-order chi connectivity index (χ0) is 23.1. The molecule has 0 saturated carbocycles. The number of rotatable bonds is 9. The van der Waals surface area contributed by atoms with Crippen molar-refractivity contribution in [1.82, 2.24) is 16.0 Å². The molecular weight excluding hydrogens is 414 g/mol. The molecule has 3 atom stereocenters. The van der Waals surface area contributed by atoms with Gasteiger partial charge in [-0.05, 0) is 54.8 Å². The van der Waals surface area contributed by atoms with Gasteiger partial charge in [-0.25, -0.2) is 4.79 Å². The van der Waals surface area contributed by atoms with Crippen molar-refractivity contribution in [3.8, 4) is 11.5 Å². The van der Waals surface area contributed by atoms with Crippen LogP contribution in [0.2, 0.25) is 0 Å². The second-order valence-corrected chi connectivity index (χ2v) is 7.85. The summed E-state index contributed by atoms with van der Waals surface area (Å²) in [5.74, 6) is -2.00. The van der Waals surface area contributed by atoms with Crippen LogP contribution in [0.3, 0.4) is 0 Å². The van der Waals surface area contributed by atoms with Crippen LogP contribution in [0, 0.1) is 0 Å². The lowest BCUT2D eigenvalue weighted by atomic mass is 10.0. The monoisotopic (exact) mass is 441 g/mol. The SMILES string of the molecule is O=C(O)C(Cc1ccc(O)cc1)NC(=O)C(Cc1ccc(O)cc1)NC(=O)C1CCCN1. The van der Waals surface area contributed by atoms with E-state index in [-0.39, 0.29) is 30.2 Å². The molecule has 1 aliphatic rings. The second-order valence-electron chi connectivity index (χ2n) is 7.85. The lowest BCUT2D eigenvalue weighted by molar-refractivity contribution is -0.142. The normalized spacial score (nSPS) is 17.3. The maximum absolute atomic E-state index is 13.0. The van der Waals surface area contributed by atoms with E-state index in [4.69, 9.17) is 0 Å². The zero-order valence-corrected chi connectivity index (χ0v) is 17.5. The largest absolute Gasteiger partial charge is 0.508 e. The molecule has 0 aromatic heterocycles. The van der Waals surface area contributed by atoms with E-state index in [0.29, 0.717) is 17.5 Å². The lowest BCUT2D eigenvalue weighted by Gasteiger charge is -2.23. The number of benzene rings is 2. The van der Waals surface area contributed by atoms with Crippen molar-refractivity contribution in [2.45, 2.75) is 43.8 Å². The van der Waals surface area contributed by atoms with Crippen LogP contribution in [-0.2, 0) is 27.2 Å². The van der Waals surface area contributed by atoms with Crippen molar-refractivity contribution in [1.29, 1.82) is 0 Å². The van der Waals surface area contributed by atoms with Gasteiger partial charge in [0.15, 0.2) is 0 Å². The summed E-state index contributed by atoms with van der Waals surface area (Å²) in [7, 11) is 0. The number of hydrogen-bond donors (Lipinski definition) is 6. The van der Waals surface area contributed by atoms with Crippen molar-refractivity contribution >= 4 is 17.8 Å². The topological polar surface area (TPSA) is 148 Å². The fourth-order valence-electron chi connectivity index (χ4n) is 3.60. The number of nitrogens with one attached hydrogen (secondary N) is 3. The van der Waals surface area contributed by atoms with E-state index in [1.54, 1.807) is 24.3 Å². The molecule has 2 amide bonds. The second kappa shape index (κ2) is 10.6. The van der Waals surface area contributed by atoms with Crippen LogP contribution in [0.1, 0.15) is 24.0 Å². The Hall–Kier alpha value is -3.59. The van der Waals surface area contributed by atoms with Gasteiger partial charge in [0.2, 0.25) is 11.8 Å². The van der Waals surface area contributed by atoms with E-state index >= 15 is 0 Å². The summed E-state index contributed by atoms with van der Waals surface area (Å²) >= 11 is 0. The van der Waals surface area contributed by atoms with Crippen LogP contribution in [0.4, 0.5) is 0 Å². The number of hydrogen-bond acceptors (Lipinski definition) is 6. The lowest BCUT2D eigenvalue weighted by Crippen LogP contribution is -2.55. The first-order valence-corrected chi connectivity index (χ1v) is 10.4. The van der Waals surface area contributed by atoms with Gasteiger partial charge in [-0.2, -0.15) is 0 Å². The summed E-state index contributed by atoms with van der Waals surface area (Å²) in [5, 5.41) is 36.8. The first kappa shape index (κ1) is 23.1. The molecular formula is C23H27N3O6. The number of phenols is 2. The molecule has 32 heavy (non-hydrogen) atoms. The van der Waals surface area contributed by atoms with Crippen LogP contribution >= 0.6 is 0 Å². The van der Waals surface area contributed by atoms with Gasteiger partial charge < -0.3 is 31.3 Å². The minimum absolute atomic E-state index is 0.0193. The molecule has 9 heteroatoms. The van der Waals surface area contributed by atoms with Crippen LogP contribution in [0.5, 0.6) is 11.5 Å². The van der Waals surface area contributed by atoms with Gasteiger partial charge in [-0.15, -0.1) is 0 Å². The minimum atomic E-state index is -1.21. The minimum Gasteiger partial charge on any atom is -0.508 e.